The molecule has 6 heteroatoms. The fourth-order valence-electron chi connectivity index (χ4n) is 3.24. The Hall–Kier alpha value is -2.92. The van der Waals surface area contributed by atoms with E-state index in [0.29, 0.717) is 32.4 Å². The highest BCUT2D eigenvalue weighted by atomic mass is 35.5. The third kappa shape index (κ3) is 2.61. The molecule has 0 fully saturated rings. The smallest absolute Gasteiger partial charge is 0.249 e. The van der Waals surface area contributed by atoms with Crippen LogP contribution in [0, 0.1) is 17.7 Å². The maximum absolute atomic E-state index is 14.2. The number of benzene rings is 3. The van der Waals surface area contributed by atoms with Gasteiger partial charge in [-0.1, -0.05) is 17.7 Å². The second-order valence-electron chi connectivity index (χ2n) is 5.96. The van der Waals surface area contributed by atoms with Gasteiger partial charge in [-0.05, 0) is 48.5 Å². The molecule has 0 unspecified atom stereocenters. The molecule has 0 atom stereocenters. The topological polar surface area (TPSA) is 48.0 Å². The van der Waals surface area contributed by atoms with Crippen molar-refractivity contribution >= 4 is 39.3 Å². The van der Waals surface area contributed by atoms with E-state index in [-0.39, 0.29) is 12.1 Å². The quantitative estimate of drug-likeness (QED) is 0.560. The number of rotatable bonds is 3. The summed E-state index contributed by atoms with van der Waals surface area (Å²) in [5, 5.41) is 1.71. The maximum Gasteiger partial charge on any atom is 0.249 e. The van der Waals surface area contributed by atoms with Gasteiger partial charge >= 0.3 is 0 Å². The molecule has 1 heterocycles. The summed E-state index contributed by atoms with van der Waals surface area (Å²) in [7, 11) is 0. The van der Waals surface area contributed by atoms with Crippen molar-refractivity contribution in [1.29, 1.82) is 0 Å². The van der Waals surface area contributed by atoms with Gasteiger partial charge in [-0.25, -0.2) is 8.78 Å². The van der Waals surface area contributed by atoms with E-state index < -0.39 is 17.5 Å². The van der Waals surface area contributed by atoms with Crippen LogP contribution in [0.5, 0.6) is 0 Å². The number of aromatic nitrogens is 1. The number of nitrogens with zero attached hydrogens (tertiary/aromatic N) is 1. The molecule has 3 aromatic carbocycles. The number of halogens is 3. The van der Waals surface area contributed by atoms with Crippen LogP contribution in [0.3, 0.4) is 0 Å². The Morgan fingerprint density at radius 2 is 1.96 bits per heavy atom. The fourth-order valence-corrected chi connectivity index (χ4v) is 3.40. The van der Waals surface area contributed by atoms with E-state index in [9.17, 15) is 13.6 Å². The monoisotopic (exact) mass is 369 g/mol. The Balaban J connectivity index is 2.06. The lowest BCUT2D eigenvalue weighted by atomic mass is 10.1. The zero-order chi connectivity index (χ0) is 18.4. The second kappa shape index (κ2) is 6.11. The first-order valence-corrected chi connectivity index (χ1v) is 8.19. The Morgan fingerprint density at radius 3 is 2.73 bits per heavy atom. The minimum atomic E-state index is -0.574. The van der Waals surface area contributed by atoms with E-state index in [2.05, 4.69) is 6.07 Å². The Morgan fingerprint density at radius 1 is 1.15 bits per heavy atom. The number of hydrogen-bond acceptors (Lipinski definition) is 1. The summed E-state index contributed by atoms with van der Waals surface area (Å²) in [6.45, 7) is 0.0694. The van der Waals surface area contributed by atoms with Gasteiger partial charge in [0.2, 0.25) is 5.91 Å². The van der Waals surface area contributed by atoms with Crippen LogP contribution >= 0.6 is 11.6 Å². The van der Waals surface area contributed by atoms with Gasteiger partial charge in [0.1, 0.15) is 11.6 Å². The molecule has 0 aliphatic carbocycles. The Kier molecular flexibility index (Phi) is 3.89. The highest BCUT2D eigenvalue weighted by molar-refractivity contribution is 6.31. The average molecular weight is 370 g/mol. The summed E-state index contributed by atoms with van der Waals surface area (Å²) in [6.07, 6.45) is 0. The van der Waals surface area contributed by atoms with E-state index >= 15 is 0 Å². The van der Waals surface area contributed by atoms with E-state index in [1.54, 1.807) is 34.9 Å². The minimum absolute atomic E-state index is 0.0694. The fraction of sp³-hybridized carbons (Fsp3) is 0.0500. The number of carbonyl (C=O) groups excluding carboxylic acids is 1. The molecule has 0 spiro atoms. The standard InChI is InChI=1S/C20H12ClF2N2O/c21-12-4-6-14-18(9-12)25(10-11-8-13(22)5-7-16(11)23)17-3-1-2-15(19(14)17)20(24)26/h1-5,7-9H,10H2,(H2,24,26). The Labute approximate surface area is 152 Å². The van der Waals surface area contributed by atoms with Crippen LogP contribution in [-0.2, 0) is 6.54 Å². The zero-order valence-electron chi connectivity index (χ0n) is 13.4. The molecule has 1 amide bonds. The van der Waals surface area contributed by atoms with Crippen LogP contribution in [0.4, 0.5) is 8.78 Å². The predicted octanol–water partition coefficient (Wildman–Crippen LogP) is 4.67. The number of carbonyl (C=O) groups is 1. The van der Waals surface area contributed by atoms with E-state index in [1.165, 1.54) is 0 Å². The van der Waals surface area contributed by atoms with Crippen molar-refractivity contribution < 1.29 is 13.6 Å². The normalized spacial score (nSPS) is 11.3. The molecule has 2 N–H and O–H groups in total. The van der Waals surface area contributed by atoms with Crippen molar-refractivity contribution in [2.24, 2.45) is 5.73 Å². The van der Waals surface area contributed by atoms with Crippen molar-refractivity contribution in [2.75, 3.05) is 0 Å². The molecule has 0 bridgehead atoms. The van der Waals surface area contributed by atoms with Gasteiger partial charge in [0.15, 0.2) is 0 Å². The summed E-state index contributed by atoms with van der Waals surface area (Å²) >= 11 is 6.11. The zero-order valence-corrected chi connectivity index (χ0v) is 14.1. The van der Waals surface area contributed by atoms with Crippen molar-refractivity contribution in [2.45, 2.75) is 6.54 Å². The van der Waals surface area contributed by atoms with Gasteiger partial charge in [-0.2, -0.15) is 0 Å². The summed E-state index contributed by atoms with van der Waals surface area (Å²) in [5.41, 5.74) is 7.36. The highest BCUT2D eigenvalue weighted by Gasteiger charge is 2.18. The lowest BCUT2D eigenvalue weighted by Gasteiger charge is -2.09. The van der Waals surface area contributed by atoms with Crippen molar-refractivity contribution in [3.05, 3.63) is 82.4 Å². The third-order valence-electron chi connectivity index (χ3n) is 4.36. The van der Waals surface area contributed by atoms with Gasteiger partial charge in [0, 0.05) is 26.9 Å². The molecule has 0 aliphatic heterocycles. The predicted molar refractivity (Wildman–Crippen MR) is 97.3 cm³/mol. The molecule has 0 saturated heterocycles. The molecule has 4 rings (SSSR count). The SMILES string of the molecule is NC(=O)c1cccc2c1c1[c]cc(Cl)cc1n2Cc1cc(F)ccc1F. The summed E-state index contributed by atoms with van der Waals surface area (Å²) in [4.78, 5) is 11.9. The highest BCUT2D eigenvalue weighted by Crippen LogP contribution is 2.33. The van der Waals surface area contributed by atoms with Gasteiger partial charge in [0.25, 0.3) is 0 Å². The lowest BCUT2D eigenvalue weighted by molar-refractivity contribution is 0.100. The molecular formula is C20H12ClF2N2O. The second-order valence-corrected chi connectivity index (χ2v) is 6.40. The van der Waals surface area contributed by atoms with Gasteiger partial charge in [-0.15, -0.1) is 0 Å². The first-order chi connectivity index (χ1) is 12.5. The molecule has 1 aromatic heterocycles. The molecular weight excluding hydrogens is 358 g/mol. The van der Waals surface area contributed by atoms with Crippen molar-refractivity contribution in [3.8, 4) is 0 Å². The molecule has 3 nitrogen and oxygen atoms in total. The number of hydrogen-bond donors (Lipinski definition) is 1. The van der Waals surface area contributed by atoms with Gasteiger partial charge in [0.05, 0.1) is 17.6 Å². The van der Waals surface area contributed by atoms with Crippen LogP contribution in [0.2, 0.25) is 5.02 Å². The number of nitrogens with two attached hydrogens (primary N) is 1. The molecule has 26 heavy (non-hydrogen) atoms. The average Bonchev–Trinajstić information content (AvgIpc) is 2.91. The van der Waals surface area contributed by atoms with E-state index in [4.69, 9.17) is 17.3 Å². The van der Waals surface area contributed by atoms with E-state index in [1.807, 2.05) is 0 Å². The van der Waals surface area contributed by atoms with Crippen LogP contribution in [0.15, 0.2) is 48.5 Å². The molecule has 0 aliphatic rings. The summed E-state index contributed by atoms with van der Waals surface area (Å²) < 4.78 is 29.5. The first-order valence-electron chi connectivity index (χ1n) is 7.81. The number of primary amides is 1. The maximum atomic E-state index is 14.2. The van der Waals surface area contributed by atoms with Gasteiger partial charge < -0.3 is 10.3 Å². The molecule has 4 aromatic rings. The van der Waals surface area contributed by atoms with Crippen LogP contribution in [0.1, 0.15) is 15.9 Å². The van der Waals surface area contributed by atoms with Crippen molar-refractivity contribution in [3.63, 3.8) is 0 Å². The molecule has 0 saturated carbocycles. The first kappa shape index (κ1) is 16.5. The Bertz CT molecular complexity index is 1180. The molecule has 129 valence electrons. The minimum Gasteiger partial charge on any atom is -0.366 e. The van der Waals surface area contributed by atoms with E-state index in [0.717, 1.165) is 18.2 Å². The number of amides is 1. The third-order valence-corrected chi connectivity index (χ3v) is 4.58. The summed E-state index contributed by atoms with van der Waals surface area (Å²) in [5.74, 6) is -1.61. The summed E-state index contributed by atoms with van der Waals surface area (Å²) in [6, 6.07) is 14.8. The number of fused-ring (bicyclic) bond motifs is 3. The van der Waals surface area contributed by atoms with Gasteiger partial charge in [-0.3, -0.25) is 4.79 Å². The van der Waals surface area contributed by atoms with Crippen LogP contribution in [0.25, 0.3) is 21.8 Å². The van der Waals surface area contributed by atoms with Crippen LogP contribution in [-0.4, -0.2) is 10.5 Å². The van der Waals surface area contributed by atoms with Crippen LogP contribution < -0.4 is 5.73 Å². The molecule has 1 radical (unpaired) electrons. The largest absolute Gasteiger partial charge is 0.366 e. The van der Waals surface area contributed by atoms with Crippen molar-refractivity contribution in [1.82, 2.24) is 4.57 Å². The lowest BCUT2D eigenvalue weighted by Crippen LogP contribution is -2.11.